The smallest absolute Gasteiger partial charge is 0.244 e. The fraction of sp³-hybridized carbons (Fsp3) is 0.235. The van der Waals surface area contributed by atoms with Gasteiger partial charge in [0.1, 0.15) is 4.90 Å². The molecule has 0 spiro atoms. The molecule has 0 aliphatic carbocycles. The quantitative estimate of drug-likeness (QED) is 0.776. The van der Waals surface area contributed by atoms with E-state index in [1.165, 1.54) is 0 Å². The first-order valence-electron chi connectivity index (χ1n) is 7.54. The third kappa shape index (κ3) is 4.23. The van der Waals surface area contributed by atoms with E-state index in [9.17, 15) is 26.4 Å². The monoisotopic (exact) mass is 386 g/mol. The number of carbonyl (C=O) groups excluding carboxylic acids is 1. The third-order valence-electron chi connectivity index (χ3n) is 3.65. The molecular weight excluding hydrogens is 369 g/mol. The van der Waals surface area contributed by atoms with Gasteiger partial charge in [-0.1, -0.05) is 17.7 Å². The van der Waals surface area contributed by atoms with Crippen LogP contribution >= 0.6 is 0 Å². The van der Waals surface area contributed by atoms with Crippen LogP contribution in [0, 0.1) is 38.2 Å². The fourth-order valence-corrected chi connectivity index (χ4v) is 3.56. The molecule has 0 bridgehead atoms. The van der Waals surface area contributed by atoms with Gasteiger partial charge in [-0.15, -0.1) is 0 Å². The van der Waals surface area contributed by atoms with E-state index in [1.807, 2.05) is 23.8 Å². The summed E-state index contributed by atoms with van der Waals surface area (Å²) >= 11 is 0. The number of amides is 1. The number of halogens is 3. The van der Waals surface area contributed by atoms with Gasteiger partial charge in [0, 0.05) is 5.69 Å². The van der Waals surface area contributed by atoms with Gasteiger partial charge in [0.15, 0.2) is 17.5 Å². The zero-order chi connectivity index (χ0) is 19.6. The zero-order valence-electron chi connectivity index (χ0n) is 14.3. The summed E-state index contributed by atoms with van der Waals surface area (Å²) in [4.78, 5) is 10.9. The van der Waals surface area contributed by atoms with Gasteiger partial charge in [-0.3, -0.25) is 4.79 Å². The summed E-state index contributed by atoms with van der Waals surface area (Å²) in [6.07, 6.45) is 0. The molecule has 9 heteroatoms. The molecule has 0 aromatic heterocycles. The highest BCUT2D eigenvalue weighted by atomic mass is 32.2. The second-order valence-electron chi connectivity index (χ2n) is 5.82. The molecule has 0 unspecified atom stereocenters. The topological polar surface area (TPSA) is 75.3 Å². The lowest BCUT2D eigenvalue weighted by Crippen LogP contribution is -2.33. The molecular formula is C17H17F3N2O3S. The molecule has 1 amide bonds. The van der Waals surface area contributed by atoms with Crippen molar-refractivity contribution < 1.29 is 26.4 Å². The Morgan fingerprint density at radius 1 is 1.00 bits per heavy atom. The van der Waals surface area contributed by atoms with Crippen molar-refractivity contribution in [2.24, 2.45) is 0 Å². The van der Waals surface area contributed by atoms with Crippen LogP contribution in [0.15, 0.2) is 29.2 Å². The molecule has 0 radical (unpaired) electrons. The summed E-state index contributed by atoms with van der Waals surface area (Å²) in [6.45, 7) is 4.77. The van der Waals surface area contributed by atoms with E-state index >= 15 is 0 Å². The first-order chi connectivity index (χ1) is 12.0. The predicted molar refractivity (Wildman–Crippen MR) is 90.8 cm³/mol. The Bertz CT molecular complexity index is 952. The summed E-state index contributed by atoms with van der Waals surface area (Å²) in [6, 6.07) is 4.78. The number of anilines is 1. The lowest BCUT2D eigenvalue weighted by molar-refractivity contribution is -0.115. The van der Waals surface area contributed by atoms with E-state index in [0.29, 0.717) is 17.8 Å². The van der Waals surface area contributed by atoms with Gasteiger partial charge >= 0.3 is 0 Å². The highest BCUT2D eigenvalue weighted by molar-refractivity contribution is 7.89. The molecule has 0 aliphatic heterocycles. The van der Waals surface area contributed by atoms with Crippen LogP contribution in [-0.2, 0) is 14.8 Å². The van der Waals surface area contributed by atoms with Crippen LogP contribution in [0.25, 0.3) is 0 Å². The van der Waals surface area contributed by atoms with E-state index < -0.39 is 44.8 Å². The number of hydrogen-bond donors (Lipinski definition) is 2. The molecule has 140 valence electrons. The van der Waals surface area contributed by atoms with Crippen LogP contribution in [0.5, 0.6) is 0 Å². The van der Waals surface area contributed by atoms with Crippen LogP contribution in [0.4, 0.5) is 18.9 Å². The molecule has 5 nitrogen and oxygen atoms in total. The highest BCUT2D eigenvalue weighted by Crippen LogP contribution is 2.22. The van der Waals surface area contributed by atoms with Gasteiger partial charge in [-0.25, -0.2) is 26.3 Å². The van der Waals surface area contributed by atoms with Crippen molar-refractivity contribution in [3.63, 3.8) is 0 Å². The molecule has 0 atom stereocenters. The summed E-state index contributed by atoms with van der Waals surface area (Å²) < 4.78 is 65.7. The number of benzene rings is 2. The van der Waals surface area contributed by atoms with Crippen LogP contribution in [0.3, 0.4) is 0 Å². The zero-order valence-corrected chi connectivity index (χ0v) is 15.1. The molecule has 0 saturated carbocycles. The van der Waals surface area contributed by atoms with Crippen molar-refractivity contribution in [2.45, 2.75) is 25.7 Å². The normalized spacial score (nSPS) is 11.5. The molecule has 2 rings (SSSR count). The molecule has 2 aromatic rings. The van der Waals surface area contributed by atoms with E-state index in [0.717, 1.165) is 16.7 Å². The Morgan fingerprint density at radius 2 is 1.58 bits per heavy atom. The largest absolute Gasteiger partial charge is 0.324 e. The van der Waals surface area contributed by atoms with E-state index in [2.05, 4.69) is 5.32 Å². The second-order valence-corrected chi connectivity index (χ2v) is 7.56. The van der Waals surface area contributed by atoms with Crippen molar-refractivity contribution in [1.82, 2.24) is 4.72 Å². The standard InChI is InChI=1S/C17H17F3N2O3S/c1-9-6-10(2)17(11(3)7-9)22-14(23)8-21-26(24,25)13-5-4-12(18)15(19)16(13)20/h4-7,21H,8H2,1-3H3,(H,22,23). The van der Waals surface area contributed by atoms with Crippen molar-refractivity contribution in [1.29, 1.82) is 0 Å². The second kappa shape index (κ2) is 7.46. The molecule has 2 N–H and O–H groups in total. The Labute approximate surface area is 149 Å². The average molecular weight is 386 g/mol. The number of carbonyl (C=O) groups is 1. The van der Waals surface area contributed by atoms with Crippen LogP contribution in [0.1, 0.15) is 16.7 Å². The SMILES string of the molecule is Cc1cc(C)c(NC(=O)CNS(=O)(=O)c2ccc(F)c(F)c2F)c(C)c1. The lowest BCUT2D eigenvalue weighted by Gasteiger charge is -2.13. The lowest BCUT2D eigenvalue weighted by atomic mass is 10.1. The first-order valence-corrected chi connectivity index (χ1v) is 9.02. The Hall–Kier alpha value is -2.39. The van der Waals surface area contributed by atoms with Crippen LogP contribution in [0.2, 0.25) is 0 Å². The van der Waals surface area contributed by atoms with Crippen molar-refractivity contribution in [2.75, 3.05) is 11.9 Å². The number of nitrogens with one attached hydrogen (secondary N) is 2. The summed E-state index contributed by atoms with van der Waals surface area (Å²) in [7, 11) is -4.54. The summed E-state index contributed by atoms with van der Waals surface area (Å²) in [5.41, 5.74) is 3.14. The third-order valence-corrected chi connectivity index (χ3v) is 5.07. The highest BCUT2D eigenvalue weighted by Gasteiger charge is 2.24. The van der Waals surface area contributed by atoms with Gasteiger partial charge in [0.25, 0.3) is 0 Å². The van der Waals surface area contributed by atoms with Crippen molar-refractivity contribution in [3.8, 4) is 0 Å². The fourth-order valence-electron chi connectivity index (χ4n) is 2.51. The van der Waals surface area contributed by atoms with Gasteiger partial charge in [0.05, 0.1) is 6.54 Å². The minimum absolute atomic E-state index is 0.492. The molecule has 0 saturated heterocycles. The number of aryl methyl sites for hydroxylation is 3. The summed E-state index contributed by atoms with van der Waals surface area (Å²) in [5.74, 6) is -5.94. The molecule has 0 fully saturated rings. The Morgan fingerprint density at radius 3 is 2.15 bits per heavy atom. The van der Waals surface area contributed by atoms with E-state index in [-0.39, 0.29) is 0 Å². The van der Waals surface area contributed by atoms with Crippen molar-refractivity contribution in [3.05, 3.63) is 58.4 Å². The number of hydrogen-bond acceptors (Lipinski definition) is 3. The average Bonchev–Trinajstić information content (AvgIpc) is 2.54. The minimum Gasteiger partial charge on any atom is -0.324 e. The van der Waals surface area contributed by atoms with Gasteiger partial charge < -0.3 is 5.32 Å². The maximum Gasteiger partial charge on any atom is 0.244 e. The van der Waals surface area contributed by atoms with Gasteiger partial charge in [0.2, 0.25) is 15.9 Å². The first kappa shape index (κ1) is 19.9. The minimum atomic E-state index is -4.54. The van der Waals surface area contributed by atoms with E-state index in [1.54, 1.807) is 13.8 Å². The summed E-state index contributed by atoms with van der Waals surface area (Å²) in [5, 5.41) is 2.57. The number of sulfonamides is 1. The molecule has 2 aromatic carbocycles. The number of rotatable bonds is 5. The van der Waals surface area contributed by atoms with Gasteiger partial charge in [-0.05, 0) is 44.0 Å². The Kier molecular flexibility index (Phi) is 5.72. The molecule has 0 aliphatic rings. The van der Waals surface area contributed by atoms with Crippen LogP contribution in [-0.4, -0.2) is 20.9 Å². The maximum atomic E-state index is 13.6. The van der Waals surface area contributed by atoms with Gasteiger partial charge in [-0.2, -0.15) is 0 Å². The molecule has 26 heavy (non-hydrogen) atoms. The van der Waals surface area contributed by atoms with Crippen LogP contribution < -0.4 is 10.0 Å². The maximum absolute atomic E-state index is 13.6. The Balaban J connectivity index is 2.13. The van der Waals surface area contributed by atoms with Crippen molar-refractivity contribution >= 4 is 21.6 Å². The predicted octanol–water partition coefficient (Wildman–Crippen LogP) is 2.95. The molecule has 0 heterocycles. The van der Waals surface area contributed by atoms with E-state index in [4.69, 9.17) is 0 Å².